The second-order valence-corrected chi connectivity index (χ2v) is 6.99. The van der Waals surface area contributed by atoms with E-state index >= 15 is 0 Å². The summed E-state index contributed by atoms with van der Waals surface area (Å²) in [5, 5.41) is 7.47. The quantitative estimate of drug-likeness (QED) is 0.807. The molecule has 0 aromatic carbocycles. The summed E-state index contributed by atoms with van der Waals surface area (Å²) >= 11 is 0. The first-order valence-corrected chi connectivity index (χ1v) is 9.44. The number of aryl methyl sites for hydroxylation is 2. The van der Waals surface area contributed by atoms with Crippen molar-refractivity contribution in [1.29, 1.82) is 0 Å². The van der Waals surface area contributed by atoms with Crippen LogP contribution < -0.4 is 10.2 Å². The maximum absolute atomic E-state index is 12.2. The van der Waals surface area contributed by atoms with Crippen molar-refractivity contribution in [2.45, 2.75) is 58.5 Å². The predicted molar refractivity (Wildman–Crippen MR) is 96.4 cm³/mol. The second kappa shape index (κ2) is 7.99. The lowest BCUT2D eigenvalue weighted by molar-refractivity contribution is -0.122. The van der Waals surface area contributed by atoms with Gasteiger partial charge < -0.3 is 5.32 Å². The second-order valence-electron chi connectivity index (χ2n) is 6.99. The van der Waals surface area contributed by atoms with E-state index in [1.807, 2.05) is 17.7 Å². The highest BCUT2D eigenvalue weighted by atomic mass is 16.2. The normalized spacial score (nSPS) is 20.8. The summed E-state index contributed by atoms with van der Waals surface area (Å²) in [7, 11) is 0. The van der Waals surface area contributed by atoms with Gasteiger partial charge in [0.2, 0.25) is 11.8 Å². The number of nitrogens with one attached hydrogen (secondary N) is 1. The van der Waals surface area contributed by atoms with E-state index in [9.17, 15) is 9.59 Å². The van der Waals surface area contributed by atoms with Crippen LogP contribution in [0.3, 0.4) is 0 Å². The number of aromatic nitrogens is 2. The van der Waals surface area contributed by atoms with Gasteiger partial charge in [0.15, 0.2) is 0 Å². The zero-order valence-corrected chi connectivity index (χ0v) is 15.3. The van der Waals surface area contributed by atoms with E-state index in [0.29, 0.717) is 38.4 Å². The smallest absolute Gasteiger partial charge is 0.229 e. The van der Waals surface area contributed by atoms with Crippen LogP contribution >= 0.6 is 0 Å². The Morgan fingerprint density at radius 2 is 2.24 bits per heavy atom. The number of anilines is 1. The van der Waals surface area contributed by atoms with Gasteiger partial charge in [0.1, 0.15) is 5.82 Å². The van der Waals surface area contributed by atoms with Crippen molar-refractivity contribution >= 4 is 17.6 Å². The maximum Gasteiger partial charge on any atom is 0.229 e. The number of amides is 2. The number of likely N-dealkylation sites (tertiary alicyclic amines) is 1. The molecule has 7 nitrogen and oxygen atoms in total. The van der Waals surface area contributed by atoms with Gasteiger partial charge in [0.25, 0.3) is 0 Å². The topological polar surface area (TPSA) is 70.5 Å². The Morgan fingerprint density at radius 1 is 1.40 bits per heavy atom. The molecule has 2 amide bonds. The molecule has 0 radical (unpaired) electrons. The van der Waals surface area contributed by atoms with Gasteiger partial charge in [-0.1, -0.05) is 6.92 Å². The van der Waals surface area contributed by atoms with Gasteiger partial charge in [0.05, 0.1) is 12.2 Å². The lowest BCUT2D eigenvalue weighted by atomic mass is 10.2. The van der Waals surface area contributed by atoms with Crippen molar-refractivity contribution in [3.05, 3.63) is 11.8 Å². The SMILES string of the molecule is CCN1CCCC1CNC(=O)CCCN1C(=O)CCn2nc(C)cc21. The molecule has 0 spiro atoms. The van der Waals surface area contributed by atoms with E-state index < -0.39 is 0 Å². The molecule has 1 saturated heterocycles. The highest BCUT2D eigenvalue weighted by Crippen LogP contribution is 2.22. The maximum atomic E-state index is 12.2. The average Bonchev–Trinajstić information content (AvgIpc) is 3.20. The summed E-state index contributed by atoms with van der Waals surface area (Å²) in [6.45, 7) is 8.25. The van der Waals surface area contributed by atoms with Crippen molar-refractivity contribution in [3.8, 4) is 0 Å². The molecule has 1 N–H and O–H groups in total. The standard InChI is InChI=1S/C18H29N5O2/c1-3-21-9-4-6-15(21)13-19-16(24)7-5-10-22-17-12-14(2)20-23(17)11-8-18(22)25/h12,15H,3-11,13H2,1-2H3,(H,19,24). The van der Waals surface area contributed by atoms with Gasteiger partial charge in [-0.3, -0.25) is 19.4 Å². The van der Waals surface area contributed by atoms with E-state index in [0.717, 1.165) is 31.1 Å². The minimum absolute atomic E-state index is 0.0806. The van der Waals surface area contributed by atoms with Crippen LogP contribution in [0.25, 0.3) is 0 Å². The molecule has 2 aliphatic heterocycles. The minimum atomic E-state index is 0.0806. The third kappa shape index (κ3) is 4.21. The van der Waals surface area contributed by atoms with E-state index in [1.54, 1.807) is 4.90 Å². The Bertz CT molecular complexity index is 627. The Morgan fingerprint density at radius 3 is 3.04 bits per heavy atom. The monoisotopic (exact) mass is 347 g/mol. The van der Waals surface area contributed by atoms with Crippen molar-refractivity contribution in [2.75, 3.05) is 31.1 Å². The number of likely N-dealkylation sites (N-methyl/N-ethyl adjacent to an activating group) is 1. The summed E-state index contributed by atoms with van der Waals surface area (Å²) in [4.78, 5) is 28.5. The Kier molecular flexibility index (Phi) is 5.73. The number of hydrogen-bond acceptors (Lipinski definition) is 4. The fourth-order valence-corrected chi connectivity index (χ4v) is 3.88. The molecule has 1 aromatic heterocycles. The number of rotatable bonds is 7. The first kappa shape index (κ1) is 17.9. The first-order chi connectivity index (χ1) is 12.1. The largest absolute Gasteiger partial charge is 0.355 e. The van der Waals surface area contributed by atoms with Crippen LogP contribution in [0.1, 0.15) is 44.7 Å². The third-order valence-electron chi connectivity index (χ3n) is 5.22. The molecule has 0 bridgehead atoms. The molecule has 3 heterocycles. The average molecular weight is 347 g/mol. The van der Waals surface area contributed by atoms with Gasteiger partial charge in [-0.25, -0.2) is 4.68 Å². The number of carbonyl (C=O) groups is 2. The lowest BCUT2D eigenvalue weighted by Gasteiger charge is -2.27. The van der Waals surface area contributed by atoms with Crippen molar-refractivity contribution in [3.63, 3.8) is 0 Å². The Hall–Kier alpha value is -1.89. The molecule has 2 aliphatic rings. The van der Waals surface area contributed by atoms with Crippen LogP contribution in [0.2, 0.25) is 0 Å². The fourth-order valence-electron chi connectivity index (χ4n) is 3.88. The van der Waals surface area contributed by atoms with Crippen molar-refractivity contribution in [1.82, 2.24) is 20.0 Å². The number of carbonyl (C=O) groups excluding carboxylic acids is 2. The lowest BCUT2D eigenvalue weighted by Crippen LogP contribution is -2.41. The van der Waals surface area contributed by atoms with E-state index in [1.165, 1.54) is 12.8 Å². The molecular weight excluding hydrogens is 318 g/mol. The molecule has 25 heavy (non-hydrogen) atoms. The highest BCUT2D eigenvalue weighted by Gasteiger charge is 2.26. The van der Waals surface area contributed by atoms with Crippen molar-refractivity contribution in [2.24, 2.45) is 0 Å². The molecule has 0 aliphatic carbocycles. The van der Waals surface area contributed by atoms with Gasteiger partial charge in [-0.15, -0.1) is 0 Å². The minimum Gasteiger partial charge on any atom is -0.355 e. The van der Waals surface area contributed by atoms with Crippen LogP contribution in [0.4, 0.5) is 5.82 Å². The zero-order valence-electron chi connectivity index (χ0n) is 15.3. The molecule has 7 heteroatoms. The summed E-state index contributed by atoms with van der Waals surface area (Å²) in [5.41, 5.74) is 0.921. The van der Waals surface area contributed by atoms with Gasteiger partial charge in [0, 0.05) is 38.0 Å². The number of fused-ring (bicyclic) bond motifs is 1. The van der Waals surface area contributed by atoms with E-state index in [4.69, 9.17) is 0 Å². The Balaban J connectivity index is 1.43. The van der Waals surface area contributed by atoms with Crippen LogP contribution in [-0.4, -0.2) is 58.7 Å². The number of nitrogens with zero attached hydrogens (tertiary/aromatic N) is 4. The highest BCUT2D eigenvalue weighted by molar-refractivity contribution is 5.93. The molecular formula is C18H29N5O2. The summed E-state index contributed by atoms with van der Waals surface area (Å²) in [5.74, 6) is 1.06. The molecule has 1 fully saturated rings. The fraction of sp³-hybridized carbons (Fsp3) is 0.722. The first-order valence-electron chi connectivity index (χ1n) is 9.44. The third-order valence-corrected chi connectivity index (χ3v) is 5.22. The molecule has 1 aromatic rings. The van der Waals surface area contributed by atoms with Crippen LogP contribution in [0.5, 0.6) is 0 Å². The molecule has 0 saturated carbocycles. The van der Waals surface area contributed by atoms with Gasteiger partial charge in [-0.05, 0) is 39.3 Å². The summed E-state index contributed by atoms with van der Waals surface area (Å²) in [6, 6.07) is 2.42. The van der Waals surface area contributed by atoms with Crippen molar-refractivity contribution < 1.29 is 9.59 Å². The van der Waals surface area contributed by atoms with Gasteiger partial charge in [-0.2, -0.15) is 5.10 Å². The molecule has 1 unspecified atom stereocenters. The predicted octanol–water partition coefficient (Wildman–Crippen LogP) is 1.31. The number of hydrogen-bond donors (Lipinski definition) is 1. The molecule has 3 rings (SSSR count). The van der Waals surface area contributed by atoms with E-state index in [-0.39, 0.29) is 11.8 Å². The molecule has 1 atom stereocenters. The Labute approximate surface area is 149 Å². The summed E-state index contributed by atoms with van der Waals surface area (Å²) in [6.07, 6.45) is 3.99. The summed E-state index contributed by atoms with van der Waals surface area (Å²) < 4.78 is 1.89. The van der Waals surface area contributed by atoms with Gasteiger partial charge >= 0.3 is 0 Å². The van der Waals surface area contributed by atoms with E-state index in [2.05, 4.69) is 22.2 Å². The van der Waals surface area contributed by atoms with Crippen LogP contribution in [0.15, 0.2) is 6.07 Å². The zero-order chi connectivity index (χ0) is 17.8. The van der Waals surface area contributed by atoms with Crippen LogP contribution in [0, 0.1) is 6.92 Å². The van der Waals surface area contributed by atoms with Crippen LogP contribution in [-0.2, 0) is 16.1 Å². The molecule has 138 valence electrons.